The summed E-state index contributed by atoms with van der Waals surface area (Å²) in [6.45, 7) is 21.6. The molecule has 2 unspecified atom stereocenters. The number of benzene rings is 4. The number of carboxylic acid groups (broad SMARTS) is 1. The minimum atomic E-state index is -5.37. The molecule has 0 radical (unpaired) electrons. The largest absolute Gasteiger partial charge is 0.481 e. The summed E-state index contributed by atoms with van der Waals surface area (Å²) >= 11 is 0. The van der Waals surface area contributed by atoms with Gasteiger partial charge in [0.05, 0.1) is 53.8 Å². The maximum absolute atomic E-state index is 16.7. The third kappa shape index (κ3) is 20.8. The molecule has 14 nitrogen and oxygen atoms in total. The zero-order valence-corrected chi connectivity index (χ0v) is 60.4. The van der Waals surface area contributed by atoms with Crippen molar-refractivity contribution in [3.63, 3.8) is 0 Å². The second kappa shape index (κ2) is 34.6. The quantitative estimate of drug-likeness (QED) is 0.0333. The van der Waals surface area contributed by atoms with E-state index in [-0.39, 0.29) is 60.5 Å². The number of hydrogen-bond acceptors (Lipinski definition) is 9. The Morgan fingerprint density at radius 1 is 0.491 bits per heavy atom. The third-order valence-corrected chi connectivity index (χ3v) is 18.7. The van der Waals surface area contributed by atoms with Gasteiger partial charge in [-0.1, -0.05) is 63.1 Å². The first-order valence-electron chi connectivity index (χ1n) is 34.7. The van der Waals surface area contributed by atoms with E-state index in [2.05, 4.69) is 15.5 Å². The standard InChI is InChI=1S/C39H45F8N3O4.C37H41F8N3O4/c1-7-54-32(52)19-29(34-35(40)26(17-28(36(34)41)39(45,46)47)33-23(5)15-22(4)16-24(33)6)48-37(53)30(14-21(2)3)50-20-25(10-8-11-49-12-9-13-49)27(18-31(50)51)38(42,43)44;1-19(2)12-28(48-18-23(8-6-9-47-10-7-11-47)25(16-29(48)49)36(40,41)42)35(52)46-27(17-30(50)51)32-33(38)24(15-26(34(32)39)37(43,44)45)31-21(4)13-20(3)14-22(31)5/h15-18,20-21,29-30H,7-14,19H2,1-6H3,(H,48,53);13-16,18-19,27-28H,6-12,17H2,1-5H3,(H,46,52)(H,50,51)/t29-,30?;27-,28?/m00/s1. The number of pyridine rings is 2. The molecule has 2 aromatic heterocycles. The molecule has 2 saturated heterocycles. The molecule has 30 heteroatoms. The van der Waals surface area contributed by atoms with Crippen LogP contribution in [0.15, 0.2) is 70.5 Å². The number of likely N-dealkylation sites (tertiary alicyclic amines) is 2. The monoisotopic (exact) mass is 1510 g/mol. The Labute approximate surface area is 602 Å². The van der Waals surface area contributed by atoms with E-state index in [1.54, 1.807) is 79.7 Å². The molecule has 0 saturated carbocycles. The summed E-state index contributed by atoms with van der Waals surface area (Å²) in [4.78, 5) is 83.7. The zero-order valence-electron chi connectivity index (χ0n) is 60.4. The van der Waals surface area contributed by atoms with Gasteiger partial charge in [-0.05, 0) is 208 Å². The first kappa shape index (κ1) is 84.7. The van der Waals surface area contributed by atoms with Gasteiger partial charge in [-0.15, -0.1) is 0 Å². The molecule has 106 heavy (non-hydrogen) atoms. The second-order valence-electron chi connectivity index (χ2n) is 28.1. The molecule has 4 atom stereocenters. The van der Waals surface area contributed by atoms with Crippen molar-refractivity contribution in [3.05, 3.63) is 183 Å². The molecule has 8 rings (SSSR count). The number of amides is 2. The van der Waals surface area contributed by atoms with Gasteiger partial charge in [0.2, 0.25) is 11.8 Å². The topological polar surface area (TPSA) is 172 Å². The molecule has 0 aliphatic carbocycles. The Hall–Kier alpha value is -8.54. The number of aryl methyl sites for hydroxylation is 8. The van der Waals surface area contributed by atoms with Crippen LogP contribution < -0.4 is 21.8 Å². The van der Waals surface area contributed by atoms with Gasteiger partial charge in [-0.25, -0.2) is 17.6 Å². The Morgan fingerprint density at radius 2 is 0.821 bits per heavy atom. The number of esters is 1. The fourth-order valence-corrected chi connectivity index (χ4v) is 13.8. The number of alkyl halides is 12. The summed E-state index contributed by atoms with van der Waals surface area (Å²) in [5, 5.41) is 14.2. The maximum atomic E-state index is 16.7. The number of carbonyl (C=O) groups excluding carboxylic acids is 3. The number of carboxylic acids is 1. The van der Waals surface area contributed by atoms with Gasteiger partial charge in [-0.2, -0.15) is 52.7 Å². The molecule has 580 valence electrons. The first-order valence-corrected chi connectivity index (χ1v) is 34.7. The van der Waals surface area contributed by atoms with Crippen molar-refractivity contribution in [1.82, 2.24) is 29.6 Å². The van der Waals surface area contributed by atoms with Crippen molar-refractivity contribution in [1.29, 1.82) is 0 Å². The number of hydrogen-bond donors (Lipinski definition) is 3. The highest BCUT2D eigenvalue weighted by molar-refractivity contribution is 5.84. The molecule has 6 aromatic rings. The van der Waals surface area contributed by atoms with Crippen LogP contribution in [0.5, 0.6) is 0 Å². The van der Waals surface area contributed by atoms with Crippen LogP contribution in [0.3, 0.4) is 0 Å². The van der Waals surface area contributed by atoms with Crippen molar-refractivity contribution >= 4 is 23.8 Å². The van der Waals surface area contributed by atoms with Gasteiger partial charge in [0.1, 0.15) is 35.4 Å². The van der Waals surface area contributed by atoms with Crippen LogP contribution in [-0.2, 0) is 61.5 Å². The number of rotatable bonds is 27. The summed E-state index contributed by atoms with van der Waals surface area (Å²) in [5.74, 6) is -13.2. The van der Waals surface area contributed by atoms with E-state index >= 15 is 17.6 Å². The molecule has 4 heterocycles. The van der Waals surface area contributed by atoms with Gasteiger partial charge in [0.15, 0.2) is 0 Å². The van der Waals surface area contributed by atoms with Crippen LogP contribution in [0.25, 0.3) is 22.3 Å². The van der Waals surface area contributed by atoms with Gasteiger partial charge in [-0.3, -0.25) is 28.8 Å². The summed E-state index contributed by atoms with van der Waals surface area (Å²) in [7, 11) is 0. The highest BCUT2D eigenvalue weighted by atomic mass is 19.4. The molecule has 2 fully saturated rings. The molecule has 0 bridgehead atoms. The summed E-state index contributed by atoms with van der Waals surface area (Å²) < 4.78 is 242. The number of ether oxygens (including phenoxy) is 1. The minimum absolute atomic E-state index is 0.00544. The molecular formula is C76H86F16N6O8. The predicted molar refractivity (Wildman–Crippen MR) is 364 cm³/mol. The highest BCUT2D eigenvalue weighted by Crippen LogP contribution is 2.45. The van der Waals surface area contributed by atoms with Crippen molar-refractivity contribution < 1.29 is 99.3 Å². The van der Waals surface area contributed by atoms with Gasteiger partial charge in [0, 0.05) is 46.8 Å². The van der Waals surface area contributed by atoms with Crippen LogP contribution in [0.1, 0.15) is 188 Å². The van der Waals surface area contributed by atoms with Crippen LogP contribution in [-0.4, -0.2) is 93.7 Å². The Bertz CT molecular complexity index is 4290. The van der Waals surface area contributed by atoms with Crippen LogP contribution in [0, 0.1) is 76.6 Å². The lowest BCUT2D eigenvalue weighted by atomic mass is 9.88. The van der Waals surface area contributed by atoms with Crippen molar-refractivity contribution in [2.24, 2.45) is 11.8 Å². The molecule has 2 aliphatic heterocycles. The Morgan fingerprint density at radius 3 is 1.10 bits per heavy atom. The average Bonchev–Trinajstić information content (AvgIpc) is 0.757. The predicted octanol–water partition coefficient (Wildman–Crippen LogP) is 17.1. The normalized spacial score (nSPS) is 15.0. The van der Waals surface area contributed by atoms with Crippen LogP contribution in [0.2, 0.25) is 0 Å². The van der Waals surface area contributed by atoms with Crippen LogP contribution in [0.4, 0.5) is 70.2 Å². The van der Waals surface area contributed by atoms with Crippen molar-refractivity contribution in [3.8, 4) is 22.3 Å². The molecule has 0 spiro atoms. The van der Waals surface area contributed by atoms with E-state index < -0.39 is 170 Å². The van der Waals surface area contributed by atoms with Gasteiger partial charge < -0.3 is 39.4 Å². The Kier molecular flexibility index (Phi) is 27.6. The Balaban J connectivity index is 0.000000296. The number of carbonyl (C=O) groups is 4. The molecule has 4 aromatic carbocycles. The lowest BCUT2D eigenvalue weighted by Gasteiger charge is -2.30. The summed E-state index contributed by atoms with van der Waals surface area (Å²) in [5.41, 5.74) is -10.1. The number of aliphatic carboxylic acids is 1. The zero-order chi connectivity index (χ0) is 79.2. The van der Waals surface area contributed by atoms with E-state index in [1.807, 2.05) is 4.90 Å². The number of nitrogens with zero attached hydrogens (tertiary/aromatic N) is 4. The lowest BCUT2D eigenvalue weighted by Crippen LogP contribution is -2.41. The molecule has 3 N–H and O–H groups in total. The minimum Gasteiger partial charge on any atom is -0.481 e. The smallest absolute Gasteiger partial charge is 0.419 e. The molecular weight excluding hydrogens is 1430 g/mol. The molecule has 2 amide bonds. The number of halogens is 16. The number of aromatic nitrogens is 2. The van der Waals surface area contributed by atoms with Gasteiger partial charge in [0.25, 0.3) is 11.1 Å². The lowest BCUT2D eigenvalue weighted by molar-refractivity contribution is -0.144. The maximum Gasteiger partial charge on any atom is 0.419 e. The fourth-order valence-electron chi connectivity index (χ4n) is 13.8. The van der Waals surface area contributed by atoms with E-state index in [1.165, 1.54) is 20.8 Å². The van der Waals surface area contributed by atoms with Gasteiger partial charge >= 0.3 is 36.6 Å². The van der Waals surface area contributed by atoms with Crippen LogP contribution >= 0.6 is 0 Å². The van der Waals surface area contributed by atoms with E-state index in [0.29, 0.717) is 78.0 Å². The fraction of sp³-hybridized carbons (Fsp3) is 0.500. The van der Waals surface area contributed by atoms with E-state index in [4.69, 9.17) is 4.74 Å². The average molecular weight is 1520 g/mol. The van der Waals surface area contributed by atoms with Crippen molar-refractivity contribution in [2.45, 2.75) is 189 Å². The second-order valence-corrected chi connectivity index (χ2v) is 28.1. The van der Waals surface area contributed by atoms with Crippen molar-refractivity contribution in [2.75, 3.05) is 45.9 Å². The highest BCUT2D eigenvalue weighted by Gasteiger charge is 2.44. The first-order chi connectivity index (χ1) is 49.2. The SMILES string of the molecule is CCOC(=O)C[C@H](NC(=O)C(CC(C)C)n1cc(CCCN2CCC2)c(C(F)(F)F)cc1=O)c1c(F)c(-c2c(C)cc(C)cc2C)cc(C(F)(F)F)c1F.Cc1cc(C)c(-c2cc(C(F)(F)F)c(F)c([C@H](CC(=O)O)NC(=O)C(CC(C)C)n3cc(CCCN4CCC4)c(C(F)(F)F)cc3=O)c2F)c(C)c1. The third-order valence-electron chi connectivity index (χ3n) is 18.7. The van der Waals surface area contributed by atoms with E-state index in [9.17, 15) is 86.6 Å². The van der Waals surface area contributed by atoms with E-state index in [0.717, 1.165) is 66.1 Å². The number of nitrogens with one attached hydrogen (secondary N) is 2. The summed E-state index contributed by atoms with van der Waals surface area (Å²) in [6, 6.07) is 0.209. The molecule has 2 aliphatic rings. The summed E-state index contributed by atoms with van der Waals surface area (Å²) in [6.07, 6.45) is -18.9.